The van der Waals surface area contributed by atoms with Crippen molar-refractivity contribution in [3.05, 3.63) is 0 Å². The third kappa shape index (κ3) is 1.93. The molecule has 0 bridgehead atoms. The average Bonchev–Trinajstić information content (AvgIpc) is 3.15. The van der Waals surface area contributed by atoms with Crippen LogP contribution in [-0.2, 0) is 4.79 Å². The van der Waals surface area contributed by atoms with Gasteiger partial charge in [-0.2, -0.15) is 5.26 Å². The van der Waals surface area contributed by atoms with Gasteiger partial charge in [-0.25, -0.2) is 0 Å². The summed E-state index contributed by atoms with van der Waals surface area (Å²) in [6, 6.07) is 2.76. The van der Waals surface area contributed by atoms with Crippen molar-refractivity contribution in [3.63, 3.8) is 0 Å². The molecule has 0 N–H and O–H groups in total. The first kappa shape index (κ1) is 11.4. The molecule has 2 saturated carbocycles. The van der Waals surface area contributed by atoms with E-state index in [0.717, 1.165) is 45.1 Å². The minimum absolute atomic E-state index is 0.111. The molecule has 0 saturated heterocycles. The second kappa shape index (κ2) is 4.45. The van der Waals surface area contributed by atoms with Crippen LogP contribution in [0.15, 0.2) is 0 Å². The molecule has 0 heterocycles. The number of hydrogen-bond acceptors (Lipinski definition) is 2. The monoisotopic (exact) mass is 220 g/mol. The molecule has 0 unspecified atom stereocenters. The summed E-state index contributed by atoms with van der Waals surface area (Å²) >= 11 is 0. The Morgan fingerprint density at radius 2 is 2.00 bits per heavy atom. The van der Waals surface area contributed by atoms with E-state index < -0.39 is 5.41 Å². The minimum Gasteiger partial charge on any atom is -0.339 e. The summed E-state index contributed by atoms with van der Waals surface area (Å²) in [4.78, 5) is 14.4. The van der Waals surface area contributed by atoms with Crippen molar-refractivity contribution in [1.82, 2.24) is 4.90 Å². The fourth-order valence-electron chi connectivity index (χ4n) is 2.76. The van der Waals surface area contributed by atoms with Gasteiger partial charge in [-0.15, -0.1) is 0 Å². The third-order valence-electron chi connectivity index (χ3n) is 3.92. The maximum atomic E-state index is 12.5. The van der Waals surface area contributed by atoms with Crippen LogP contribution in [0.2, 0.25) is 0 Å². The Kier molecular flexibility index (Phi) is 3.18. The number of nitriles is 1. The van der Waals surface area contributed by atoms with Crippen molar-refractivity contribution < 1.29 is 4.79 Å². The van der Waals surface area contributed by atoms with Gasteiger partial charge >= 0.3 is 0 Å². The van der Waals surface area contributed by atoms with Crippen LogP contribution in [0.4, 0.5) is 0 Å². The molecule has 3 heteroatoms. The Hall–Kier alpha value is -1.04. The van der Waals surface area contributed by atoms with Crippen LogP contribution in [0.3, 0.4) is 0 Å². The SMILES string of the molecule is CCN(C(=O)C1(C#N)CCCCC1)C1CC1. The van der Waals surface area contributed by atoms with E-state index in [-0.39, 0.29) is 5.91 Å². The summed E-state index contributed by atoms with van der Waals surface area (Å²) in [7, 11) is 0. The first-order valence-electron chi connectivity index (χ1n) is 6.46. The van der Waals surface area contributed by atoms with Gasteiger partial charge in [0.25, 0.3) is 0 Å². The van der Waals surface area contributed by atoms with E-state index in [1.165, 1.54) is 6.42 Å². The van der Waals surface area contributed by atoms with Gasteiger partial charge in [0.1, 0.15) is 5.41 Å². The lowest BCUT2D eigenvalue weighted by Gasteiger charge is -2.34. The Bertz CT molecular complexity index is 308. The Labute approximate surface area is 97.4 Å². The quantitative estimate of drug-likeness (QED) is 0.733. The Balaban J connectivity index is 2.13. The lowest BCUT2D eigenvalue weighted by atomic mass is 9.74. The molecule has 16 heavy (non-hydrogen) atoms. The van der Waals surface area contributed by atoms with Crippen LogP contribution in [-0.4, -0.2) is 23.4 Å². The highest BCUT2D eigenvalue weighted by atomic mass is 16.2. The molecular weight excluding hydrogens is 200 g/mol. The lowest BCUT2D eigenvalue weighted by molar-refractivity contribution is -0.141. The average molecular weight is 220 g/mol. The van der Waals surface area contributed by atoms with E-state index in [1.807, 2.05) is 11.8 Å². The van der Waals surface area contributed by atoms with Gasteiger partial charge in [-0.3, -0.25) is 4.79 Å². The van der Waals surface area contributed by atoms with E-state index in [1.54, 1.807) is 0 Å². The van der Waals surface area contributed by atoms with Gasteiger partial charge in [0.05, 0.1) is 6.07 Å². The van der Waals surface area contributed by atoms with Gasteiger partial charge in [0.2, 0.25) is 5.91 Å². The summed E-state index contributed by atoms with van der Waals surface area (Å²) in [5, 5.41) is 9.36. The van der Waals surface area contributed by atoms with E-state index >= 15 is 0 Å². The predicted molar refractivity (Wildman–Crippen MR) is 61.5 cm³/mol. The second-order valence-corrected chi connectivity index (χ2v) is 5.08. The zero-order valence-corrected chi connectivity index (χ0v) is 10.0. The number of amides is 1. The summed E-state index contributed by atoms with van der Waals surface area (Å²) in [6.45, 7) is 2.77. The van der Waals surface area contributed by atoms with E-state index in [2.05, 4.69) is 6.07 Å². The van der Waals surface area contributed by atoms with Gasteiger partial charge < -0.3 is 4.90 Å². The molecule has 0 spiro atoms. The van der Waals surface area contributed by atoms with E-state index in [0.29, 0.717) is 6.04 Å². The van der Waals surface area contributed by atoms with E-state index in [4.69, 9.17) is 0 Å². The summed E-state index contributed by atoms with van der Waals surface area (Å²) in [6.07, 6.45) is 7.02. The first-order valence-corrected chi connectivity index (χ1v) is 6.46. The van der Waals surface area contributed by atoms with Crippen molar-refractivity contribution in [3.8, 4) is 6.07 Å². The largest absolute Gasteiger partial charge is 0.339 e. The maximum Gasteiger partial charge on any atom is 0.243 e. The standard InChI is InChI=1S/C13H20N2O/c1-2-15(11-6-7-11)12(16)13(10-14)8-4-3-5-9-13/h11H,2-9H2,1H3. The molecule has 0 aromatic rings. The number of carbonyl (C=O) groups is 1. The van der Waals surface area contributed by atoms with Gasteiger partial charge in [-0.05, 0) is 32.6 Å². The topological polar surface area (TPSA) is 44.1 Å². The molecule has 0 aromatic heterocycles. The maximum absolute atomic E-state index is 12.5. The molecule has 0 aromatic carbocycles. The highest BCUT2D eigenvalue weighted by Gasteiger charge is 2.45. The van der Waals surface area contributed by atoms with Crippen molar-refractivity contribution in [2.75, 3.05) is 6.54 Å². The van der Waals surface area contributed by atoms with Crippen molar-refractivity contribution in [2.24, 2.45) is 5.41 Å². The Morgan fingerprint density at radius 3 is 2.44 bits per heavy atom. The van der Waals surface area contributed by atoms with E-state index in [9.17, 15) is 10.1 Å². The van der Waals surface area contributed by atoms with Crippen LogP contribution < -0.4 is 0 Å². The number of rotatable bonds is 3. The summed E-state index contributed by atoms with van der Waals surface area (Å²) < 4.78 is 0. The molecule has 0 radical (unpaired) electrons. The highest BCUT2D eigenvalue weighted by molar-refractivity contribution is 5.86. The third-order valence-corrected chi connectivity index (χ3v) is 3.92. The molecule has 3 nitrogen and oxygen atoms in total. The molecule has 2 aliphatic rings. The molecule has 2 rings (SSSR count). The van der Waals surface area contributed by atoms with Crippen LogP contribution in [0, 0.1) is 16.7 Å². The molecule has 0 atom stereocenters. The van der Waals surface area contributed by atoms with Crippen molar-refractivity contribution in [1.29, 1.82) is 5.26 Å². The second-order valence-electron chi connectivity index (χ2n) is 5.08. The molecule has 88 valence electrons. The van der Waals surface area contributed by atoms with Gasteiger partial charge in [0.15, 0.2) is 0 Å². The fourth-order valence-corrected chi connectivity index (χ4v) is 2.76. The first-order chi connectivity index (χ1) is 7.73. The summed E-state index contributed by atoms with van der Waals surface area (Å²) in [5.74, 6) is 0.111. The Morgan fingerprint density at radius 1 is 1.38 bits per heavy atom. The number of hydrogen-bond donors (Lipinski definition) is 0. The molecule has 1 amide bonds. The molecule has 0 aliphatic heterocycles. The minimum atomic E-state index is -0.684. The summed E-state index contributed by atoms with van der Waals surface area (Å²) in [5.41, 5.74) is -0.684. The smallest absolute Gasteiger partial charge is 0.243 e. The van der Waals surface area contributed by atoms with Crippen molar-refractivity contribution in [2.45, 2.75) is 57.9 Å². The zero-order chi connectivity index (χ0) is 11.6. The zero-order valence-electron chi connectivity index (χ0n) is 10.0. The van der Waals surface area contributed by atoms with Crippen LogP contribution in [0.1, 0.15) is 51.9 Å². The molecule has 2 aliphatic carbocycles. The number of nitrogens with zero attached hydrogens (tertiary/aromatic N) is 2. The van der Waals surface area contributed by atoms with Crippen LogP contribution in [0.25, 0.3) is 0 Å². The number of carbonyl (C=O) groups excluding carboxylic acids is 1. The predicted octanol–water partition coefficient (Wildman–Crippen LogP) is 2.47. The van der Waals surface area contributed by atoms with Crippen LogP contribution in [0.5, 0.6) is 0 Å². The van der Waals surface area contributed by atoms with Gasteiger partial charge in [0, 0.05) is 12.6 Å². The molecule has 2 fully saturated rings. The lowest BCUT2D eigenvalue weighted by Crippen LogP contribution is -2.45. The normalized spacial score (nSPS) is 23.5. The van der Waals surface area contributed by atoms with Gasteiger partial charge in [-0.1, -0.05) is 19.3 Å². The highest BCUT2D eigenvalue weighted by Crippen LogP contribution is 2.40. The van der Waals surface area contributed by atoms with Crippen molar-refractivity contribution >= 4 is 5.91 Å². The van der Waals surface area contributed by atoms with Crippen LogP contribution >= 0.6 is 0 Å². The molecular formula is C13H20N2O. The fraction of sp³-hybridized carbons (Fsp3) is 0.846.